The summed E-state index contributed by atoms with van der Waals surface area (Å²) in [6.07, 6.45) is 2.33. The quantitative estimate of drug-likeness (QED) is 0.925. The first-order valence-corrected chi connectivity index (χ1v) is 7.94. The van der Waals surface area contributed by atoms with E-state index in [0.717, 1.165) is 27.5 Å². The molecule has 0 saturated carbocycles. The molecule has 2 unspecified atom stereocenters. The van der Waals surface area contributed by atoms with Crippen LogP contribution >= 0.6 is 11.3 Å². The van der Waals surface area contributed by atoms with Gasteiger partial charge in [0.05, 0.1) is 21.0 Å². The van der Waals surface area contributed by atoms with E-state index >= 15 is 0 Å². The highest BCUT2D eigenvalue weighted by molar-refractivity contribution is 7.87. The molecule has 1 aliphatic heterocycles. The van der Waals surface area contributed by atoms with Gasteiger partial charge in [0.1, 0.15) is 0 Å². The third-order valence-electron chi connectivity index (χ3n) is 2.98. The van der Waals surface area contributed by atoms with Crippen molar-refractivity contribution in [3.63, 3.8) is 0 Å². The second-order valence-corrected chi connectivity index (χ2v) is 6.95. The SMILES string of the molecule is O=S(CC1CCCN1)c1nc2ccccc2s1. The van der Waals surface area contributed by atoms with Crippen LogP contribution in [0.4, 0.5) is 0 Å². The standard InChI is InChI=1S/C12H14N2OS2/c15-17(8-9-4-3-7-13-9)12-14-10-5-1-2-6-11(10)16-12/h1-2,5-6,9,13H,3-4,7-8H2. The highest BCUT2D eigenvalue weighted by Crippen LogP contribution is 2.24. The van der Waals surface area contributed by atoms with Crippen molar-refractivity contribution in [2.75, 3.05) is 12.3 Å². The molecule has 1 aromatic carbocycles. The third kappa shape index (κ3) is 2.41. The van der Waals surface area contributed by atoms with Gasteiger partial charge < -0.3 is 5.32 Å². The number of benzene rings is 1. The Labute approximate surface area is 107 Å². The molecule has 0 spiro atoms. The molecule has 0 radical (unpaired) electrons. The topological polar surface area (TPSA) is 42.0 Å². The van der Waals surface area contributed by atoms with E-state index in [2.05, 4.69) is 10.3 Å². The van der Waals surface area contributed by atoms with Gasteiger partial charge in [-0.2, -0.15) is 0 Å². The maximum atomic E-state index is 12.2. The minimum absolute atomic E-state index is 0.405. The van der Waals surface area contributed by atoms with Crippen molar-refractivity contribution in [2.24, 2.45) is 0 Å². The van der Waals surface area contributed by atoms with Gasteiger partial charge in [0.25, 0.3) is 0 Å². The van der Waals surface area contributed by atoms with Crippen molar-refractivity contribution in [3.05, 3.63) is 24.3 Å². The molecule has 5 heteroatoms. The predicted molar refractivity (Wildman–Crippen MR) is 71.9 cm³/mol. The van der Waals surface area contributed by atoms with Gasteiger partial charge in [-0.3, -0.25) is 4.21 Å². The van der Waals surface area contributed by atoms with Crippen LogP contribution in [-0.4, -0.2) is 27.5 Å². The average molecular weight is 266 g/mol. The molecule has 0 bridgehead atoms. The van der Waals surface area contributed by atoms with E-state index in [1.165, 1.54) is 6.42 Å². The zero-order chi connectivity index (χ0) is 11.7. The first kappa shape index (κ1) is 11.3. The Morgan fingerprint density at radius 1 is 1.47 bits per heavy atom. The van der Waals surface area contributed by atoms with Crippen LogP contribution in [0.3, 0.4) is 0 Å². The molecule has 2 atom stereocenters. The minimum atomic E-state index is -0.961. The molecule has 1 fully saturated rings. The van der Waals surface area contributed by atoms with Crippen molar-refractivity contribution in [1.29, 1.82) is 0 Å². The van der Waals surface area contributed by atoms with Gasteiger partial charge in [-0.1, -0.05) is 12.1 Å². The molecule has 2 aromatic rings. The summed E-state index contributed by atoms with van der Waals surface area (Å²) < 4.78 is 14.1. The van der Waals surface area contributed by atoms with Crippen LogP contribution in [0.15, 0.2) is 28.6 Å². The summed E-state index contributed by atoms with van der Waals surface area (Å²) in [5.41, 5.74) is 0.959. The predicted octanol–water partition coefficient (Wildman–Crippen LogP) is 2.16. The lowest BCUT2D eigenvalue weighted by atomic mass is 10.3. The lowest BCUT2D eigenvalue weighted by molar-refractivity contribution is 0.643. The largest absolute Gasteiger partial charge is 0.313 e. The normalized spacial score (nSPS) is 22.0. The summed E-state index contributed by atoms with van der Waals surface area (Å²) in [5.74, 6) is 0.694. The first-order valence-electron chi connectivity index (χ1n) is 5.80. The average Bonchev–Trinajstić information content (AvgIpc) is 2.96. The van der Waals surface area contributed by atoms with Crippen LogP contribution < -0.4 is 5.32 Å². The smallest absolute Gasteiger partial charge is 0.181 e. The second-order valence-electron chi connectivity index (χ2n) is 4.25. The number of fused-ring (bicyclic) bond motifs is 1. The highest BCUT2D eigenvalue weighted by atomic mass is 32.2. The van der Waals surface area contributed by atoms with Gasteiger partial charge in [0.15, 0.2) is 4.34 Å². The Bertz CT molecular complexity index is 513. The number of aromatic nitrogens is 1. The number of nitrogens with one attached hydrogen (secondary N) is 1. The Morgan fingerprint density at radius 3 is 3.12 bits per heavy atom. The van der Waals surface area contributed by atoms with E-state index in [-0.39, 0.29) is 0 Å². The molecule has 1 aromatic heterocycles. The molecular formula is C12H14N2OS2. The maximum Gasteiger partial charge on any atom is 0.181 e. The zero-order valence-corrected chi connectivity index (χ0v) is 11.0. The third-order valence-corrected chi connectivity index (χ3v) is 5.81. The van der Waals surface area contributed by atoms with Crippen LogP contribution in [-0.2, 0) is 10.8 Å². The fourth-order valence-corrected chi connectivity index (χ4v) is 4.64. The van der Waals surface area contributed by atoms with E-state index in [4.69, 9.17) is 0 Å². The van der Waals surface area contributed by atoms with E-state index < -0.39 is 10.8 Å². The van der Waals surface area contributed by atoms with Crippen LogP contribution in [0.2, 0.25) is 0 Å². The van der Waals surface area contributed by atoms with E-state index in [0.29, 0.717) is 11.8 Å². The van der Waals surface area contributed by atoms with Crippen molar-refractivity contribution in [3.8, 4) is 0 Å². The highest BCUT2D eigenvalue weighted by Gasteiger charge is 2.19. The molecule has 17 heavy (non-hydrogen) atoms. The number of rotatable bonds is 3. The summed E-state index contributed by atoms with van der Waals surface area (Å²) >= 11 is 1.55. The van der Waals surface area contributed by atoms with Crippen LogP contribution in [0.5, 0.6) is 0 Å². The summed E-state index contributed by atoms with van der Waals surface area (Å²) in [6.45, 7) is 1.06. The Hall–Kier alpha value is -0.780. The van der Waals surface area contributed by atoms with Crippen molar-refractivity contribution in [2.45, 2.75) is 23.2 Å². The second kappa shape index (κ2) is 4.84. The van der Waals surface area contributed by atoms with Gasteiger partial charge in [-0.15, -0.1) is 11.3 Å². The van der Waals surface area contributed by atoms with E-state index in [1.807, 2.05) is 24.3 Å². The summed E-state index contributed by atoms with van der Waals surface area (Å²) in [4.78, 5) is 4.45. The van der Waals surface area contributed by atoms with Gasteiger partial charge >= 0.3 is 0 Å². The van der Waals surface area contributed by atoms with Crippen LogP contribution in [0.1, 0.15) is 12.8 Å². The molecule has 1 N–H and O–H groups in total. The Morgan fingerprint density at radius 2 is 2.35 bits per heavy atom. The first-order chi connectivity index (χ1) is 8.33. The lowest BCUT2D eigenvalue weighted by Crippen LogP contribution is -2.27. The molecule has 0 aliphatic carbocycles. The number of para-hydroxylation sites is 1. The van der Waals surface area contributed by atoms with Gasteiger partial charge in [0.2, 0.25) is 0 Å². The van der Waals surface area contributed by atoms with Gasteiger partial charge in [-0.05, 0) is 31.5 Å². The molecule has 90 valence electrons. The fraction of sp³-hybridized carbons (Fsp3) is 0.417. The molecule has 3 nitrogen and oxygen atoms in total. The van der Waals surface area contributed by atoms with Crippen LogP contribution in [0.25, 0.3) is 10.2 Å². The van der Waals surface area contributed by atoms with Crippen molar-refractivity contribution in [1.82, 2.24) is 10.3 Å². The summed E-state index contributed by atoms with van der Waals surface area (Å²) in [5, 5.41) is 3.37. The van der Waals surface area contributed by atoms with Crippen molar-refractivity contribution >= 4 is 32.4 Å². The van der Waals surface area contributed by atoms with Gasteiger partial charge in [-0.25, -0.2) is 4.98 Å². The zero-order valence-electron chi connectivity index (χ0n) is 9.39. The Balaban J connectivity index is 1.80. The van der Waals surface area contributed by atoms with Gasteiger partial charge in [0, 0.05) is 11.8 Å². The van der Waals surface area contributed by atoms with E-state index in [9.17, 15) is 4.21 Å². The number of hydrogen-bond donors (Lipinski definition) is 1. The lowest BCUT2D eigenvalue weighted by Gasteiger charge is -2.07. The molecule has 1 saturated heterocycles. The Kier molecular flexibility index (Phi) is 3.22. The summed E-state index contributed by atoms with van der Waals surface area (Å²) in [7, 11) is -0.961. The molecule has 3 rings (SSSR count). The minimum Gasteiger partial charge on any atom is -0.313 e. The van der Waals surface area contributed by atoms with E-state index in [1.54, 1.807) is 11.3 Å². The molecule has 2 heterocycles. The molecular weight excluding hydrogens is 252 g/mol. The number of thiazole rings is 1. The monoisotopic (exact) mass is 266 g/mol. The van der Waals surface area contributed by atoms with Crippen LogP contribution in [0, 0.1) is 0 Å². The fourth-order valence-electron chi connectivity index (χ4n) is 2.10. The molecule has 1 aliphatic rings. The number of hydrogen-bond acceptors (Lipinski definition) is 4. The molecule has 0 amide bonds. The number of nitrogens with zero attached hydrogens (tertiary/aromatic N) is 1. The van der Waals surface area contributed by atoms with Crippen molar-refractivity contribution < 1.29 is 4.21 Å². The maximum absolute atomic E-state index is 12.2. The summed E-state index contributed by atoms with van der Waals surface area (Å²) in [6, 6.07) is 8.36.